The predicted octanol–water partition coefficient (Wildman–Crippen LogP) is 2.61. The molecular formula is C16H27N3OS. The van der Waals surface area contributed by atoms with E-state index in [1.807, 2.05) is 4.90 Å². The highest BCUT2D eigenvalue weighted by atomic mass is 32.1. The SMILES string of the molecule is Cc1ccc(C2NCC(=O)N2CCCCN(C)C(C)C)s1. The van der Waals surface area contributed by atoms with Crippen LogP contribution >= 0.6 is 11.3 Å². The van der Waals surface area contributed by atoms with E-state index in [1.165, 1.54) is 9.75 Å². The summed E-state index contributed by atoms with van der Waals surface area (Å²) >= 11 is 1.77. The maximum atomic E-state index is 12.1. The Hall–Kier alpha value is -0.910. The van der Waals surface area contributed by atoms with Crippen LogP contribution in [0.2, 0.25) is 0 Å². The molecule has 0 spiro atoms. The number of nitrogens with zero attached hydrogens (tertiary/aromatic N) is 2. The molecule has 2 heterocycles. The van der Waals surface area contributed by atoms with Crippen molar-refractivity contribution in [2.24, 2.45) is 0 Å². The van der Waals surface area contributed by atoms with Crippen molar-refractivity contribution in [2.45, 2.75) is 45.8 Å². The number of rotatable bonds is 7. The fourth-order valence-corrected chi connectivity index (χ4v) is 3.52. The van der Waals surface area contributed by atoms with Crippen molar-refractivity contribution < 1.29 is 4.79 Å². The summed E-state index contributed by atoms with van der Waals surface area (Å²) in [5.41, 5.74) is 0. The molecule has 118 valence electrons. The summed E-state index contributed by atoms with van der Waals surface area (Å²) in [6.45, 7) is 8.94. The van der Waals surface area contributed by atoms with Gasteiger partial charge in [0.2, 0.25) is 5.91 Å². The first kappa shape index (κ1) is 16.5. The van der Waals surface area contributed by atoms with Crippen LogP contribution in [0.5, 0.6) is 0 Å². The number of nitrogens with one attached hydrogen (secondary N) is 1. The highest BCUT2D eigenvalue weighted by Crippen LogP contribution is 2.28. The molecule has 1 aliphatic heterocycles. The normalized spacial score (nSPS) is 19.2. The minimum atomic E-state index is 0.0824. The molecule has 1 aromatic rings. The van der Waals surface area contributed by atoms with Gasteiger partial charge in [0.25, 0.3) is 0 Å². The Labute approximate surface area is 132 Å². The molecule has 1 amide bonds. The van der Waals surface area contributed by atoms with Crippen LogP contribution in [0.1, 0.15) is 42.6 Å². The fraction of sp³-hybridized carbons (Fsp3) is 0.688. The summed E-state index contributed by atoms with van der Waals surface area (Å²) in [5.74, 6) is 0.225. The zero-order valence-electron chi connectivity index (χ0n) is 13.6. The highest BCUT2D eigenvalue weighted by molar-refractivity contribution is 7.12. The van der Waals surface area contributed by atoms with Gasteiger partial charge in [0.05, 0.1) is 6.54 Å². The number of carbonyl (C=O) groups excluding carboxylic acids is 1. The van der Waals surface area contributed by atoms with Crippen LogP contribution in [0.15, 0.2) is 12.1 Å². The first-order valence-corrected chi connectivity index (χ1v) is 8.60. The Bertz CT molecular complexity index is 472. The molecule has 1 aromatic heterocycles. The molecule has 5 heteroatoms. The van der Waals surface area contributed by atoms with E-state index in [2.05, 4.69) is 50.2 Å². The second kappa shape index (κ2) is 7.38. The molecule has 0 radical (unpaired) electrons. The number of thiophene rings is 1. The largest absolute Gasteiger partial charge is 0.321 e. The van der Waals surface area contributed by atoms with Crippen LogP contribution in [-0.2, 0) is 4.79 Å². The Kier molecular flexibility index (Phi) is 5.79. The molecule has 0 aliphatic carbocycles. The van der Waals surface area contributed by atoms with Crippen molar-refractivity contribution in [3.05, 3.63) is 21.9 Å². The Morgan fingerprint density at radius 1 is 1.43 bits per heavy atom. The second-order valence-electron chi connectivity index (χ2n) is 6.10. The van der Waals surface area contributed by atoms with Crippen molar-refractivity contribution >= 4 is 17.2 Å². The minimum absolute atomic E-state index is 0.0824. The molecule has 2 rings (SSSR count). The van der Waals surface area contributed by atoms with Crippen LogP contribution in [-0.4, -0.2) is 48.4 Å². The van der Waals surface area contributed by atoms with Gasteiger partial charge in [-0.3, -0.25) is 10.1 Å². The maximum absolute atomic E-state index is 12.1. The van der Waals surface area contributed by atoms with Gasteiger partial charge in [-0.1, -0.05) is 0 Å². The molecule has 4 nitrogen and oxygen atoms in total. The molecule has 0 bridgehead atoms. The van der Waals surface area contributed by atoms with E-state index in [0.717, 1.165) is 25.9 Å². The number of aryl methyl sites for hydroxylation is 1. The molecular weight excluding hydrogens is 282 g/mol. The standard InChI is InChI=1S/C16H27N3OS/c1-12(2)18(4)9-5-6-10-19-15(20)11-17-16(19)14-8-7-13(3)21-14/h7-8,12,16-17H,5-6,9-11H2,1-4H3. The van der Waals surface area contributed by atoms with Gasteiger partial charge >= 0.3 is 0 Å². The average molecular weight is 309 g/mol. The molecule has 1 aliphatic rings. The Morgan fingerprint density at radius 3 is 2.81 bits per heavy atom. The minimum Gasteiger partial charge on any atom is -0.321 e. The summed E-state index contributed by atoms with van der Waals surface area (Å²) in [4.78, 5) is 19.0. The van der Waals surface area contributed by atoms with Crippen LogP contribution in [0, 0.1) is 6.92 Å². The van der Waals surface area contributed by atoms with E-state index in [1.54, 1.807) is 11.3 Å². The van der Waals surface area contributed by atoms with Crippen molar-refractivity contribution in [1.82, 2.24) is 15.1 Å². The highest BCUT2D eigenvalue weighted by Gasteiger charge is 2.31. The third-order valence-corrected chi connectivity index (χ3v) is 5.20. The third-order valence-electron chi connectivity index (χ3n) is 4.15. The van der Waals surface area contributed by atoms with Crippen molar-refractivity contribution in [3.8, 4) is 0 Å². The lowest BCUT2D eigenvalue weighted by Gasteiger charge is -2.25. The lowest BCUT2D eigenvalue weighted by Crippen LogP contribution is -2.32. The summed E-state index contributed by atoms with van der Waals surface area (Å²) in [7, 11) is 2.16. The Balaban J connectivity index is 1.84. The quantitative estimate of drug-likeness (QED) is 0.787. The lowest BCUT2D eigenvalue weighted by molar-refractivity contribution is -0.128. The fourth-order valence-electron chi connectivity index (χ4n) is 2.55. The van der Waals surface area contributed by atoms with E-state index >= 15 is 0 Å². The van der Waals surface area contributed by atoms with Crippen molar-refractivity contribution in [1.29, 1.82) is 0 Å². The molecule has 1 unspecified atom stereocenters. The van der Waals surface area contributed by atoms with E-state index < -0.39 is 0 Å². The molecule has 0 saturated carbocycles. The van der Waals surface area contributed by atoms with Gasteiger partial charge in [0.15, 0.2) is 0 Å². The van der Waals surface area contributed by atoms with Gasteiger partial charge in [0.1, 0.15) is 6.17 Å². The smallest absolute Gasteiger partial charge is 0.238 e. The van der Waals surface area contributed by atoms with Crippen molar-refractivity contribution in [2.75, 3.05) is 26.7 Å². The molecule has 1 fully saturated rings. The number of hydrogen-bond donors (Lipinski definition) is 1. The summed E-state index contributed by atoms with van der Waals surface area (Å²) < 4.78 is 0. The molecule has 1 atom stereocenters. The van der Waals surface area contributed by atoms with Crippen LogP contribution < -0.4 is 5.32 Å². The Morgan fingerprint density at radius 2 is 2.19 bits per heavy atom. The average Bonchev–Trinajstić information content (AvgIpc) is 3.01. The molecule has 0 aromatic carbocycles. The first-order valence-electron chi connectivity index (χ1n) is 7.78. The summed E-state index contributed by atoms with van der Waals surface area (Å²) in [6.07, 6.45) is 2.28. The molecule has 1 saturated heterocycles. The van der Waals surface area contributed by atoms with Crippen LogP contribution in [0.4, 0.5) is 0 Å². The van der Waals surface area contributed by atoms with Crippen molar-refractivity contribution in [3.63, 3.8) is 0 Å². The molecule has 1 N–H and O–H groups in total. The third kappa shape index (κ3) is 4.28. The summed E-state index contributed by atoms with van der Waals surface area (Å²) in [6, 6.07) is 4.85. The van der Waals surface area contributed by atoms with E-state index in [4.69, 9.17) is 0 Å². The lowest BCUT2D eigenvalue weighted by atomic mass is 10.2. The maximum Gasteiger partial charge on any atom is 0.238 e. The zero-order valence-corrected chi connectivity index (χ0v) is 14.4. The van der Waals surface area contributed by atoms with Gasteiger partial charge < -0.3 is 9.80 Å². The number of unbranched alkanes of at least 4 members (excludes halogenated alkanes) is 1. The number of amides is 1. The van der Waals surface area contributed by atoms with E-state index in [-0.39, 0.29) is 12.1 Å². The molecule has 21 heavy (non-hydrogen) atoms. The second-order valence-corrected chi connectivity index (χ2v) is 7.42. The van der Waals surface area contributed by atoms with Crippen LogP contribution in [0.3, 0.4) is 0 Å². The van der Waals surface area contributed by atoms with Gasteiger partial charge in [-0.05, 0) is 59.3 Å². The van der Waals surface area contributed by atoms with Crippen LogP contribution in [0.25, 0.3) is 0 Å². The van der Waals surface area contributed by atoms with E-state index in [0.29, 0.717) is 12.6 Å². The van der Waals surface area contributed by atoms with E-state index in [9.17, 15) is 4.79 Å². The van der Waals surface area contributed by atoms with Gasteiger partial charge in [-0.15, -0.1) is 11.3 Å². The number of hydrogen-bond acceptors (Lipinski definition) is 4. The predicted molar refractivity (Wildman–Crippen MR) is 88.5 cm³/mol. The van der Waals surface area contributed by atoms with Gasteiger partial charge in [0, 0.05) is 22.3 Å². The van der Waals surface area contributed by atoms with Gasteiger partial charge in [-0.25, -0.2) is 0 Å². The summed E-state index contributed by atoms with van der Waals surface area (Å²) in [5, 5.41) is 3.33. The number of carbonyl (C=O) groups is 1. The first-order chi connectivity index (χ1) is 9.99. The van der Waals surface area contributed by atoms with Gasteiger partial charge in [-0.2, -0.15) is 0 Å². The zero-order chi connectivity index (χ0) is 15.4. The monoisotopic (exact) mass is 309 g/mol. The topological polar surface area (TPSA) is 35.6 Å².